The number of ketones is 1. The lowest BCUT2D eigenvalue weighted by Crippen LogP contribution is -2.31. The molecule has 23 heavy (non-hydrogen) atoms. The number of hydrogen-bond donors (Lipinski definition) is 2. The summed E-state index contributed by atoms with van der Waals surface area (Å²) in [7, 11) is 0. The highest BCUT2D eigenvalue weighted by atomic mass is 16.3. The van der Waals surface area contributed by atoms with Gasteiger partial charge in [-0.25, -0.2) is 0 Å². The molecule has 0 spiro atoms. The molecule has 0 bridgehead atoms. The summed E-state index contributed by atoms with van der Waals surface area (Å²) in [4.78, 5) is 12.8. The molecule has 3 aliphatic rings. The van der Waals surface area contributed by atoms with Gasteiger partial charge >= 0.3 is 0 Å². The summed E-state index contributed by atoms with van der Waals surface area (Å²) in [5, 5.41) is 21.2. The molecule has 0 radical (unpaired) electrons. The van der Waals surface area contributed by atoms with E-state index in [-0.39, 0.29) is 23.4 Å². The monoisotopic (exact) mass is 312 g/mol. The van der Waals surface area contributed by atoms with E-state index in [1.165, 1.54) is 0 Å². The van der Waals surface area contributed by atoms with Crippen LogP contribution in [0.2, 0.25) is 0 Å². The number of Topliss-reactive ketones (excluding diaryl/α,β-unsaturated/α-hetero) is 1. The maximum absolute atomic E-state index is 12.8. The Bertz CT molecular complexity index is 783. The van der Waals surface area contributed by atoms with Crippen molar-refractivity contribution in [1.29, 1.82) is 0 Å². The van der Waals surface area contributed by atoms with Crippen molar-refractivity contribution in [3.05, 3.63) is 34.4 Å². The number of carbonyl (C=O) groups excluding carboxylic acids is 1. The number of aliphatic hydroxyl groups is 1. The fourth-order valence-electron chi connectivity index (χ4n) is 5.13. The fraction of sp³-hybridized carbons (Fsp3) is 0.550. The van der Waals surface area contributed by atoms with Crippen molar-refractivity contribution in [3.63, 3.8) is 0 Å². The van der Waals surface area contributed by atoms with Crippen molar-refractivity contribution in [1.82, 2.24) is 0 Å². The zero-order chi connectivity index (χ0) is 16.9. The second kappa shape index (κ2) is 4.07. The van der Waals surface area contributed by atoms with Crippen LogP contribution in [0, 0.1) is 18.3 Å². The number of aromatic hydroxyl groups is 1. The van der Waals surface area contributed by atoms with Gasteiger partial charge in [-0.1, -0.05) is 20.4 Å². The van der Waals surface area contributed by atoms with Crippen LogP contribution in [0.15, 0.2) is 6.58 Å². The number of hydrogen-bond acceptors (Lipinski definition) is 3. The molecule has 0 amide bonds. The minimum absolute atomic E-state index is 0.186. The number of allylic oxidation sites excluding steroid dienone is 1. The number of phenols is 1. The molecule has 0 unspecified atom stereocenters. The Morgan fingerprint density at radius 3 is 2.52 bits per heavy atom. The fourth-order valence-corrected chi connectivity index (χ4v) is 5.13. The van der Waals surface area contributed by atoms with Crippen LogP contribution in [-0.2, 0) is 6.42 Å². The van der Waals surface area contributed by atoms with Crippen LogP contribution >= 0.6 is 0 Å². The van der Waals surface area contributed by atoms with Crippen molar-refractivity contribution in [2.45, 2.75) is 58.5 Å². The first-order chi connectivity index (χ1) is 10.6. The number of carbonyl (C=O) groups is 1. The Hall–Kier alpha value is -1.61. The molecule has 4 rings (SSSR count). The Balaban J connectivity index is 2.07. The first-order valence-electron chi connectivity index (χ1n) is 8.42. The topological polar surface area (TPSA) is 57.5 Å². The molecule has 3 aliphatic carbocycles. The zero-order valence-corrected chi connectivity index (χ0v) is 14.3. The molecule has 2 N–H and O–H groups in total. The summed E-state index contributed by atoms with van der Waals surface area (Å²) in [5.74, 6) is 0.873. The predicted octanol–water partition coefficient (Wildman–Crippen LogP) is 3.74. The first kappa shape index (κ1) is 14.9. The summed E-state index contributed by atoms with van der Waals surface area (Å²) in [6.45, 7) is 12.2. The van der Waals surface area contributed by atoms with Crippen LogP contribution in [0.4, 0.5) is 0 Å². The number of rotatable bonds is 0. The molecule has 122 valence electrons. The minimum atomic E-state index is -1.42. The Morgan fingerprint density at radius 1 is 1.22 bits per heavy atom. The molecule has 0 aliphatic heterocycles. The largest absolute Gasteiger partial charge is 0.507 e. The van der Waals surface area contributed by atoms with E-state index in [1.54, 1.807) is 6.92 Å². The van der Waals surface area contributed by atoms with Gasteiger partial charge < -0.3 is 10.2 Å². The van der Waals surface area contributed by atoms with E-state index in [0.717, 1.165) is 35.1 Å². The first-order valence-corrected chi connectivity index (χ1v) is 8.42. The van der Waals surface area contributed by atoms with E-state index in [4.69, 9.17) is 0 Å². The molecule has 0 heterocycles. The van der Waals surface area contributed by atoms with Gasteiger partial charge in [-0.05, 0) is 66.2 Å². The Kier molecular flexibility index (Phi) is 2.65. The van der Waals surface area contributed by atoms with Crippen LogP contribution in [0.5, 0.6) is 5.75 Å². The van der Waals surface area contributed by atoms with Crippen molar-refractivity contribution >= 4 is 11.4 Å². The third-order valence-corrected chi connectivity index (χ3v) is 6.58. The third-order valence-electron chi connectivity index (χ3n) is 6.58. The standard InChI is InChI=1S/C20H24O3/c1-9-6-7-12-16(19(12,3)4)14-10(2)17(21)11-8-20(5,23)18(22)15(11)13(9)14/h12,16,21,23H,1,6-8H2,2-5H3/t12-,16-,20-/m1/s1. The van der Waals surface area contributed by atoms with E-state index < -0.39 is 5.60 Å². The molecule has 3 atom stereocenters. The minimum Gasteiger partial charge on any atom is -0.507 e. The van der Waals surface area contributed by atoms with Crippen molar-refractivity contribution in [2.75, 3.05) is 0 Å². The normalized spacial score (nSPS) is 33.8. The zero-order valence-electron chi connectivity index (χ0n) is 14.3. The van der Waals surface area contributed by atoms with Crippen LogP contribution in [-0.4, -0.2) is 21.6 Å². The number of benzene rings is 1. The van der Waals surface area contributed by atoms with Gasteiger partial charge in [0, 0.05) is 17.5 Å². The lowest BCUT2D eigenvalue weighted by molar-refractivity contribution is 0.0460. The lowest BCUT2D eigenvalue weighted by Gasteiger charge is -2.21. The summed E-state index contributed by atoms with van der Waals surface area (Å²) in [6.07, 6.45) is 2.14. The average molecular weight is 312 g/mol. The van der Waals surface area contributed by atoms with E-state index in [2.05, 4.69) is 20.4 Å². The van der Waals surface area contributed by atoms with Crippen LogP contribution in [0.3, 0.4) is 0 Å². The molecule has 3 heteroatoms. The Morgan fingerprint density at radius 2 is 1.87 bits per heavy atom. The van der Waals surface area contributed by atoms with Crippen LogP contribution in [0.1, 0.15) is 72.1 Å². The Labute approximate surface area is 137 Å². The van der Waals surface area contributed by atoms with Gasteiger partial charge in [0.1, 0.15) is 11.4 Å². The molecule has 1 saturated carbocycles. The van der Waals surface area contributed by atoms with Gasteiger partial charge in [0.2, 0.25) is 0 Å². The van der Waals surface area contributed by atoms with Gasteiger partial charge in [-0.3, -0.25) is 4.79 Å². The quantitative estimate of drug-likeness (QED) is 0.767. The lowest BCUT2D eigenvalue weighted by atomic mass is 9.83. The second-order valence-corrected chi connectivity index (χ2v) is 8.44. The number of fused-ring (bicyclic) bond motifs is 5. The van der Waals surface area contributed by atoms with E-state index in [0.29, 0.717) is 23.0 Å². The van der Waals surface area contributed by atoms with Crippen LogP contribution in [0.25, 0.3) is 5.57 Å². The summed E-state index contributed by atoms with van der Waals surface area (Å²) in [6, 6.07) is 0. The molecule has 0 aromatic heterocycles. The van der Waals surface area contributed by atoms with E-state index in [1.807, 2.05) is 6.92 Å². The maximum Gasteiger partial charge on any atom is 0.195 e. The summed E-state index contributed by atoms with van der Waals surface area (Å²) >= 11 is 0. The second-order valence-electron chi connectivity index (χ2n) is 8.44. The third kappa shape index (κ3) is 1.66. The SMILES string of the molecule is C=C1CC[C@@H]2[C@H](c3c(C)c(O)c4c(c31)C(=O)[C@](C)(O)C4)C2(C)C. The highest BCUT2D eigenvalue weighted by Crippen LogP contribution is 2.70. The predicted molar refractivity (Wildman–Crippen MR) is 89.8 cm³/mol. The number of phenolic OH excluding ortho intramolecular Hbond substituents is 1. The average Bonchev–Trinajstić information content (AvgIpc) is 2.96. The molecule has 1 aromatic rings. The highest BCUT2D eigenvalue weighted by molar-refractivity contribution is 6.11. The van der Waals surface area contributed by atoms with Crippen molar-refractivity contribution in [2.24, 2.45) is 11.3 Å². The van der Waals surface area contributed by atoms with Gasteiger partial charge in [0.25, 0.3) is 0 Å². The molecule has 1 fully saturated rings. The molecular formula is C20H24O3. The van der Waals surface area contributed by atoms with Gasteiger partial charge in [-0.15, -0.1) is 0 Å². The molecular weight excluding hydrogens is 288 g/mol. The summed E-state index contributed by atoms with van der Waals surface area (Å²) in [5.41, 5.74) is 3.79. The van der Waals surface area contributed by atoms with Crippen LogP contribution < -0.4 is 0 Å². The van der Waals surface area contributed by atoms with Gasteiger partial charge in [-0.2, -0.15) is 0 Å². The van der Waals surface area contributed by atoms with E-state index >= 15 is 0 Å². The van der Waals surface area contributed by atoms with Crippen molar-refractivity contribution < 1.29 is 15.0 Å². The van der Waals surface area contributed by atoms with Gasteiger partial charge in [0.05, 0.1) is 0 Å². The summed E-state index contributed by atoms with van der Waals surface area (Å²) < 4.78 is 0. The highest BCUT2D eigenvalue weighted by Gasteiger charge is 2.60. The van der Waals surface area contributed by atoms with E-state index in [9.17, 15) is 15.0 Å². The molecule has 1 aromatic carbocycles. The molecule has 0 saturated heterocycles. The van der Waals surface area contributed by atoms with Crippen molar-refractivity contribution in [3.8, 4) is 5.75 Å². The maximum atomic E-state index is 12.8. The molecule has 3 nitrogen and oxygen atoms in total. The smallest absolute Gasteiger partial charge is 0.195 e. The van der Waals surface area contributed by atoms with Gasteiger partial charge in [0.15, 0.2) is 5.78 Å².